The van der Waals surface area contributed by atoms with Crippen molar-refractivity contribution < 1.29 is 0 Å². The third-order valence-corrected chi connectivity index (χ3v) is 3.93. The van der Waals surface area contributed by atoms with Crippen molar-refractivity contribution in [1.29, 1.82) is 0 Å². The van der Waals surface area contributed by atoms with Crippen LogP contribution in [0.2, 0.25) is 0 Å². The van der Waals surface area contributed by atoms with Crippen LogP contribution in [0.25, 0.3) is 0 Å². The molecule has 0 heteroatoms. The normalized spacial score (nSPS) is 41.8. The molecule has 0 spiro atoms. The van der Waals surface area contributed by atoms with Crippen LogP contribution in [0.3, 0.4) is 0 Å². The highest BCUT2D eigenvalue weighted by atomic mass is 14.4. The van der Waals surface area contributed by atoms with Gasteiger partial charge in [0.05, 0.1) is 0 Å². The van der Waals surface area contributed by atoms with E-state index in [2.05, 4.69) is 12.7 Å². The lowest BCUT2D eigenvalue weighted by molar-refractivity contribution is 0.130. The molecule has 0 aromatic heterocycles. The number of fused-ring (bicyclic) bond motifs is 1. The highest BCUT2D eigenvalue weighted by molar-refractivity contribution is 4.92. The van der Waals surface area contributed by atoms with Gasteiger partial charge >= 0.3 is 0 Å². The highest BCUT2D eigenvalue weighted by Crippen LogP contribution is 2.43. The quantitative estimate of drug-likeness (QED) is 0.517. The van der Waals surface area contributed by atoms with E-state index in [1.807, 2.05) is 0 Å². The van der Waals surface area contributed by atoms with Gasteiger partial charge in [-0.25, -0.2) is 0 Å². The maximum absolute atomic E-state index is 3.98. The van der Waals surface area contributed by atoms with Crippen LogP contribution >= 0.6 is 0 Å². The van der Waals surface area contributed by atoms with Crippen LogP contribution < -0.4 is 0 Å². The first-order valence-electron chi connectivity index (χ1n) is 5.54. The molecule has 3 atom stereocenters. The third kappa shape index (κ3) is 1.44. The van der Waals surface area contributed by atoms with Crippen LogP contribution in [-0.2, 0) is 0 Å². The Bertz CT molecular complexity index is 157. The van der Waals surface area contributed by atoms with Gasteiger partial charge in [-0.05, 0) is 30.6 Å². The second-order valence-corrected chi connectivity index (χ2v) is 4.54. The smallest absolute Gasteiger partial charge is 0.0205 e. The van der Waals surface area contributed by atoms with E-state index in [1.165, 1.54) is 44.9 Å². The summed E-state index contributed by atoms with van der Waals surface area (Å²) in [4.78, 5) is 0. The van der Waals surface area contributed by atoms with Crippen LogP contribution in [0.1, 0.15) is 44.9 Å². The molecule has 0 N–H and O–H groups in total. The molecule has 0 aromatic rings. The molecule has 2 aliphatic carbocycles. The van der Waals surface area contributed by atoms with Crippen LogP contribution in [0, 0.1) is 17.8 Å². The fraction of sp³-hybridized carbons (Fsp3) is 0.833. The second-order valence-electron chi connectivity index (χ2n) is 4.54. The van der Waals surface area contributed by atoms with Crippen molar-refractivity contribution in [1.82, 2.24) is 0 Å². The molecule has 0 nitrogen and oxygen atoms in total. The topological polar surface area (TPSA) is 0 Å². The zero-order chi connectivity index (χ0) is 8.39. The molecule has 2 fully saturated rings. The molecule has 0 heterocycles. The Morgan fingerprint density at radius 3 is 2.50 bits per heavy atom. The lowest BCUT2D eigenvalue weighted by Crippen LogP contribution is -2.29. The van der Waals surface area contributed by atoms with Crippen molar-refractivity contribution >= 4 is 0 Å². The SMILES string of the molecule is C=CC1CCCC2CCCCC12. The fourth-order valence-electron chi connectivity index (χ4n) is 3.28. The monoisotopic (exact) mass is 164 g/mol. The summed E-state index contributed by atoms with van der Waals surface area (Å²) in [7, 11) is 0. The summed E-state index contributed by atoms with van der Waals surface area (Å²) in [6, 6.07) is 0. The number of hydrogen-bond donors (Lipinski definition) is 0. The number of rotatable bonds is 1. The summed E-state index contributed by atoms with van der Waals surface area (Å²) >= 11 is 0. The molecule has 2 saturated carbocycles. The predicted octanol–water partition coefficient (Wildman–Crippen LogP) is 3.78. The van der Waals surface area contributed by atoms with Gasteiger partial charge in [0.15, 0.2) is 0 Å². The second kappa shape index (κ2) is 3.64. The Labute approximate surface area is 76.1 Å². The maximum atomic E-state index is 3.98. The zero-order valence-electron chi connectivity index (χ0n) is 7.97. The van der Waals surface area contributed by atoms with Crippen LogP contribution in [-0.4, -0.2) is 0 Å². The van der Waals surface area contributed by atoms with Crippen molar-refractivity contribution in [3.63, 3.8) is 0 Å². The van der Waals surface area contributed by atoms with Crippen LogP contribution in [0.5, 0.6) is 0 Å². The average Bonchev–Trinajstić information content (AvgIpc) is 2.17. The van der Waals surface area contributed by atoms with E-state index in [4.69, 9.17) is 0 Å². The van der Waals surface area contributed by atoms with Gasteiger partial charge < -0.3 is 0 Å². The van der Waals surface area contributed by atoms with Gasteiger partial charge in [-0.2, -0.15) is 0 Å². The van der Waals surface area contributed by atoms with Crippen molar-refractivity contribution in [2.75, 3.05) is 0 Å². The van der Waals surface area contributed by atoms with Gasteiger partial charge in [-0.15, -0.1) is 6.58 Å². The van der Waals surface area contributed by atoms with Crippen LogP contribution in [0.4, 0.5) is 0 Å². The molecule has 0 amide bonds. The molecule has 2 rings (SSSR count). The van der Waals surface area contributed by atoms with E-state index >= 15 is 0 Å². The third-order valence-electron chi connectivity index (χ3n) is 3.93. The number of allylic oxidation sites excluding steroid dienone is 1. The van der Waals surface area contributed by atoms with E-state index in [0.717, 1.165) is 17.8 Å². The summed E-state index contributed by atoms with van der Waals surface area (Å²) in [5.41, 5.74) is 0. The maximum Gasteiger partial charge on any atom is -0.0205 e. The van der Waals surface area contributed by atoms with Crippen molar-refractivity contribution in [2.45, 2.75) is 44.9 Å². The largest absolute Gasteiger partial charge is 0.103 e. The van der Waals surface area contributed by atoms with Gasteiger partial charge in [-0.3, -0.25) is 0 Å². The minimum absolute atomic E-state index is 0.865. The summed E-state index contributed by atoms with van der Waals surface area (Å²) in [5, 5.41) is 0. The first-order valence-corrected chi connectivity index (χ1v) is 5.54. The summed E-state index contributed by atoms with van der Waals surface area (Å²) in [6.07, 6.45) is 12.6. The van der Waals surface area contributed by atoms with E-state index in [9.17, 15) is 0 Å². The molecule has 12 heavy (non-hydrogen) atoms. The Hall–Kier alpha value is -0.260. The molecule has 0 aliphatic heterocycles. The lowest BCUT2D eigenvalue weighted by atomic mass is 9.66. The van der Waals surface area contributed by atoms with Gasteiger partial charge in [0, 0.05) is 0 Å². The molecule has 0 bridgehead atoms. The Balaban J connectivity index is 2.03. The molecule has 2 aliphatic rings. The van der Waals surface area contributed by atoms with Crippen LogP contribution in [0.15, 0.2) is 12.7 Å². The number of hydrogen-bond acceptors (Lipinski definition) is 0. The minimum atomic E-state index is 0.865. The minimum Gasteiger partial charge on any atom is -0.103 e. The molecular formula is C12H20. The molecule has 68 valence electrons. The fourth-order valence-corrected chi connectivity index (χ4v) is 3.28. The first kappa shape index (κ1) is 8.34. The lowest BCUT2D eigenvalue weighted by Gasteiger charge is -2.40. The Morgan fingerprint density at radius 1 is 0.917 bits per heavy atom. The van der Waals surface area contributed by atoms with Gasteiger partial charge in [0.2, 0.25) is 0 Å². The Morgan fingerprint density at radius 2 is 1.67 bits per heavy atom. The standard InChI is InChI=1S/C12H20/c1-2-10-7-5-8-11-6-3-4-9-12(10)11/h2,10-12H,1,3-9H2. The van der Waals surface area contributed by atoms with Crippen molar-refractivity contribution in [3.05, 3.63) is 12.7 Å². The molecule has 3 unspecified atom stereocenters. The summed E-state index contributed by atoms with van der Waals surface area (Å²) in [6.45, 7) is 3.98. The molecular weight excluding hydrogens is 144 g/mol. The zero-order valence-corrected chi connectivity index (χ0v) is 7.97. The van der Waals surface area contributed by atoms with Gasteiger partial charge in [0.25, 0.3) is 0 Å². The molecule has 0 aromatic carbocycles. The average molecular weight is 164 g/mol. The Kier molecular flexibility index (Phi) is 2.53. The summed E-state index contributed by atoms with van der Waals surface area (Å²) in [5.74, 6) is 2.95. The van der Waals surface area contributed by atoms with Crippen molar-refractivity contribution in [3.8, 4) is 0 Å². The van der Waals surface area contributed by atoms with Crippen molar-refractivity contribution in [2.24, 2.45) is 17.8 Å². The van der Waals surface area contributed by atoms with Gasteiger partial charge in [-0.1, -0.05) is 38.2 Å². The van der Waals surface area contributed by atoms with E-state index in [-0.39, 0.29) is 0 Å². The molecule has 0 saturated heterocycles. The highest BCUT2D eigenvalue weighted by Gasteiger charge is 2.32. The molecule has 0 radical (unpaired) electrons. The predicted molar refractivity (Wildman–Crippen MR) is 53.0 cm³/mol. The summed E-state index contributed by atoms with van der Waals surface area (Å²) < 4.78 is 0. The first-order chi connectivity index (χ1) is 5.92. The van der Waals surface area contributed by atoms with E-state index < -0.39 is 0 Å². The van der Waals surface area contributed by atoms with E-state index in [0.29, 0.717) is 0 Å². The van der Waals surface area contributed by atoms with Gasteiger partial charge in [0.1, 0.15) is 0 Å². The van der Waals surface area contributed by atoms with E-state index in [1.54, 1.807) is 0 Å².